The summed E-state index contributed by atoms with van der Waals surface area (Å²) in [5.41, 5.74) is 7.65. The van der Waals surface area contributed by atoms with Crippen LogP contribution in [0.15, 0.2) is 24.3 Å². The summed E-state index contributed by atoms with van der Waals surface area (Å²) >= 11 is 0. The van der Waals surface area contributed by atoms with Gasteiger partial charge in [0.25, 0.3) is 0 Å². The monoisotopic (exact) mass is 248 g/mol. The van der Waals surface area contributed by atoms with Gasteiger partial charge in [-0.25, -0.2) is 0 Å². The van der Waals surface area contributed by atoms with Gasteiger partial charge in [-0.05, 0) is 36.1 Å². The Morgan fingerprint density at radius 2 is 2.22 bits per heavy atom. The van der Waals surface area contributed by atoms with Crippen LogP contribution in [0.3, 0.4) is 0 Å². The van der Waals surface area contributed by atoms with Crippen molar-refractivity contribution in [2.45, 2.75) is 26.3 Å². The Kier molecular flexibility index (Phi) is 3.93. The Labute approximate surface area is 110 Å². The molecule has 3 nitrogen and oxygen atoms in total. The van der Waals surface area contributed by atoms with Crippen molar-refractivity contribution in [1.82, 2.24) is 4.90 Å². The van der Waals surface area contributed by atoms with E-state index < -0.39 is 0 Å². The SMILES string of the molecule is COc1cccc(C(CN)N2CCC(C)(C)C2)c1. The molecular weight excluding hydrogens is 224 g/mol. The van der Waals surface area contributed by atoms with Crippen molar-refractivity contribution < 1.29 is 4.74 Å². The van der Waals surface area contributed by atoms with Gasteiger partial charge < -0.3 is 10.5 Å². The van der Waals surface area contributed by atoms with E-state index in [1.807, 2.05) is 12.1 Å². The average Bonchev–Trinajstić information content (AvgIpc) is 2.71. The van der Waals surface area contributed by atoms with Crippen molar-refractivity contribution in [2.75, 3.05) is 26.7 Å². The maximum atomic E-state index is 5.98. The van der Waals surface area contributed by atoms with Gasteiger partial charge in [-0.15, -0.1) is 0 Å². The third-order valence-electron chi connectivity index (χ3n) is 3.85. The maximum absolute atomic E-state index is 5.98. The van der Waals surface area contributed by atoms with E-state index in [1.165, 1.54) is 12.0 Å². The average molecular weight is 248 g/mol. The van der Waals surface area contributed by atoms with E-state index in [9.17, 15) is 0 Å². The van der Waals surface area contributed by atoms with E-state index in [2.05, 4.69) is 30.9 Å². The molecule has 18 heavy (non-hydrogen) atoms. The van der Waals surface area contributed by atoms with Gasteiger partial charge in [0, 0.05) is 19.1 Å². The van der Waals surface area contributed by atoms with Gasteiger partial charge in [-0.1, -0.05) is 26.0 Å². The van der Waals surface area contributed by atoms with Gasteiger partial charge in [0.2, 0.25) is 0 Å². The van der Waals surface area contributed by atoms with Crippen LogP contribution < -0.4 is 10.5 Å². The van der Waals surface area contributed by atoms with Crippen LogP contribution >= 0.6 is 0 Å². The molecule has 1 saturated heterocycles. The molecule has 1 aromatic carbocycles. The van der Waals surface area contributed by atoms with Crippen molar-refractivity contribution >= 4 is 0 Å². The predicted molar refractivity (Wildman–Crippen MR) is 74.8 cm³/mol. The number of rotatable bonds is 4. The summed E-state index contributed by atoms with van der Waals surface area (Å²) in [6.07, 6.45) is 1.24. The van der Waals surface area contributed by atoms with Gasteiger partial charge in [0.1, 0.15) is 5.75 Å². The number of methoxy groups -OCH3 is 1. The van der Waals surface area contributed by atoms with Crippen molar-refractivity contribution in [3.8, 4) is 5.75 Å². The van der Waals surface area contributed by atoms with Gasteiger partial charge in [0.05, 0.1) is 7.11 Å². The van der Waals surface area contributed by atoms with Crippen molar-refractivity contribution in [2.24, 2.45) is 11.1 Å². The summed E-state index contributed by atoms with van der Waals surface area (Å²) in [5.74, 6) is 0.907. The second-order valence-corrected chi connectivity index (χ2v) is 5.91. The first-order valence-electron chi connectivity index (χ1n) is 6.64. The lowest BCUT2D eigenvalue weighted by Gasteiger charge is -2.28. The quantitative estimate of drug-likeness (QED) is 0.889. The zero-order valence-corrected chi connectivity index (χ0v) is 11.6. The summed E-state index contributed by atoms with van der Waals surface area (Å²) in [6.45, 7) is 7.56. The molecule has 1 heterocycles. The molecule has 1 aliphatic heterocycles. The van der Waals surface area contributed by atoms with Crippen LogP contribution in [0.2, 0.25) is 0 Å². The molecule has 1 fully saturated rings. The molecule has 0 saturated carbocycles. The summed E-state index contributed by atoms with van der Waals surface area (Å²) in [7, 11) is 1.70. The van der Waals surface area contributed by atoms with E-state index in [1.54, 1.807) is 7.11 Å². The van der Waals surface area contributed by atoms with E-state index in [-0.39, 0.29) is 0 Å². The third-order valence-corrected chi connectivity index (χ3v) is 3.85. The van der Waals surface area contributed by atoms with Crippen LogP contribution in [0.4, 0.5) is 0 Å². The Hall–Kier alpha value is -1.06. The van der Waals surface area contributed by atoms with Crippen LogP contribution in [0.1, 0.15) is 31.9 Å². The fourth-order valence-electron chi connectivity index (χ4n) is 2.76. The first kappa shape index (κ1) is 13.4. The van der Waals surface area contributed by atoms with Crippen molar-refractivity contribution in [3.05, 3.63) is 29.8 Å². The molecule has 1 aliphatic rings. The zero-order chi connectivity index (χ0) is 13.2. The van der Waals surface area contributed by atoms with Gasteiger partial charge in [-0.3, -0.25) is 4.90 Å². The molecule has 0 radical (unpaired) electrons. The van der Waals surface area contributed by atoms with E-state index in [0.29, 0.717) is 18.0 Å². The Bertz CT molecular complexity index is 403. The highest BCUT2D eigenvalue weighted by molar-refractivity contribution is 5.31. The van der Waals surface area contributed by atoms with Crippen LogP contribution in [0.5, 0.6) is 5.75 Å². The first-order chi connectivity index (χ1) is 8.55. The second kappa shape index (κ2) is 5.29. The first-order valence-corrected chi connectivity index (χ1v) is 6.64. The predicted octanol–water partition coefficient (Wildman–Crippen LogP) is 2.43. The lowest BCUT2D eigenvalue weighted by Crippen LogP contribution is -2.33. The highest BCUT2D eigenvalue weighted by Gasteiger charge is 2.33. The molecule has 100 valence electrons. The van der Waals surface area contributed by atoms with Crippen LogP contribution in [-0.4, -0.2) is 31.6 Å². The molecule has 2 rings (SSSR count). The van der Waals surface area contributed by atoms with Crippen molar-refractivity contribution in [3.63, 3.8) is 0 Å². The fourth-order valence-corrected chi connectivity index (χ4v) is 2.76. The highest BCUT2D eigenvalue weighted by Crippen LogP contribution is 2.34. The number of nitrogens with two attached hydrogens (primary N) is 1. The van der Waals surface area contributed by atoms with E-state index in [0.717, 1.165) is 18.8 Å². The summed E-state index contributed by atoms with van der Waals surface area (Å²) in [4.78, 5) is 2.49. The Balaban J connectivity index is 2.18. The van der Waals surface area contributed by atoms with E-state index in [4.69, 9.17) is 10.5 Å². The number of hydrogen-bond donors (Lipinski definition) is 1. The number of nitrogens with zero attached hydrogens (tertiary/aromatic N) is 1. The Morgan fingerprint density at radius 1 is 1.44 bits per heavy atom. The minimum atomic E-state index is 0.307. The third kappa shape index (κ3) is 2.85. The molecule has 0 aliphatic carbocycles. The molecule has 2 N–H and O–H groups in total. The summed E-state index contributed by atoms with van der Waals surface area (Å²) in [6, 6.07) is 8.57. The second-order valence-electron chi connectivity index (χ2n) is 5.91. The topological polar surface area (TPSA) is 38.5 Å². The molecule has 1 aromatic rings. The fraction of sp³-hybridized carbons (Fsp3) is 0.600. The molecule has 0 aromatic heterocycles. The largest absolute Gasteiger partial charge is 0.497 e. The minimum Gasteiger partial charge on any atom is -0.497 e. The number of ether oxygens (including phenoxy) is 1. The molecule has 0 spiro atoms. The molecular formula is C15H24N2O. The minimum absolute atomic E-state index is 0.307. The van der Waals surface area contributed by atoms with E-state index >= 15 is 0 Å². The number of benzene rings is 1. The molecule has 0 amide bonds. The number of likely N-dealkylation sites (tertiary alicyclic amines) is 1. The van der Waals surface area contributed by atoms with Crippen LogP contribution in [-0.2, 0) is 0 Å². The molecule has 1 atom stereocenters. The molecule has 3 heteroatoms. The van der Waals surface area contributed by atoms with Gasteiger partial charge in [-0.2, -0.15) is 0 Å². The normalized spacial score (nSPS) is 20.9. The highest BCUT2D eigenvalue weighted by atomic mass is 16.5. The lowest BCUT2D eigenvalue weighted by atomic mass is 9.93. The number of hydrogen-bond acceptors (Lipinski definition) is 3. The smallest absolute Gasteiger partial charge is 0.119 e. The van der Waals surface area contributed by atoms with Gasteiger partial charge >= 0.3 is 0 Å². The van der Waals surface area contributed by atoms with Crippen molar-refractivity contribution in [1.29, 1.82) is 0 Å². The zero-order valence-electron chi connectivity index (χ0n) is 11.6. The van der Waals surface area contributed by atoms with Gasteiger partial charge in [0.15, 0.2) is 0 Å². The Morgan fingerprint density at radius 3 is 2.78 bits per heavy atom. The summed E-state index contributed by atoms with van der Waals surface area (Å²) < 4.78 is 5.29. The van der Waals surface area contributed by atoms with Crippen LogP contribution in [0, 0.1) is 5.41 Å². The lowest BCUT2D eigenvalue weighted by molar-refractivity contribution is 0.223. The standard InChI is InChI=1S/C15H24N2O/c1-15(2)7-8-17(11-15)14(10-16)12-5-4-6-13(9-12)18-3/h4-6,9,14H,7-8,10-11,16H2,1-3H3. The van der Waals surface area contributed by atoms with Crippen LogP contribution in [0.25, 0.3) is 0 Å². The molecule has 1 unspecified atom stereocenters. The maximum Gasteiger partial charge on any atom is 0.119 e. The summed E-state index contributed by atoms with van der Waals surface area (Å²) in [5, 5.41) is 0. The molecule has 0 bridgehead atoms.